The number of hydrogen-bond acceptors (Lipinski definition) is 1. The van der Waals surface area contributed by atoms with Gasteiger partial charge in [-0.25, -0.2) is 0 Å². The first-order valence-corrected chi connectivity index (χ1v) is 8.20. The molecule has 0 spiro atoms. The highest BCUT2D eigenvalue weighted by Crippen LogP contribution is 2.29. The molecule has 0 bridgehead atoms. The largest absolute Gasteiger partial charge is 0.456 e. The maximum absolute atomic E-state index is 5.98. The summed E-state index contributed by atoms with van der Waals surface area (Å²) in [7, 11) is 0. The predicted octanol–water partition coefficient (Wildman–Crippen LogP) is 6.30. The second-order valence-electron chi connectivity index (χ2n) is 6.50. The van der Waals surface area contributed by atoms with Gasteiger partial charge in [0.15, 0.2) is 0 Å². The van der Waals surface area contributed by atoms with Gasteiger partial charge >= 0.3 is 0 Å². The van der Waals surface area contributed by atoms with Crippen molar-refractivity contribution in [2.75, 3.05) is 0 Å². The second kappa shape index (κ2) is 5.58. The number of furan rings is 1. The van der Waals surface area contributed by atoms with Crippen molar-refractivity contribution in [1.29, 1.82) is 0 Å². The molecular formula is C22H20O. The molecule has 0 N–H and O–H groups in total. The molecule has 0 aliphatic carbocycles. The number of benzene rings is 3. The van der Waals surface area contributed by atoms with Gasteiger partial charge in [-0.3, -0.25) is 0 Å². The third-order valence-corrected chi connectivity index (χ3v) is 4.50. The van der Waals surface area contributed by atoms with Gasteiger partial charge in [0.25, 0.3) is 0 Å². The standard InChI is InChI=1S/C22H20O/c1-15(2)18-10-7-16(8-11-18)13-17-9-12-20-19-5-3-4-6-21(19)23-22(20)14-17/h3-12,14-15H,13H2,1-2H3. The monoisotopic (exact) mass is 300 g/mol. The minimum atomic E-state index is 0.580. The summed E-state index contributed by atoms with van der Waals surface area (Å²) < 4.78 is 5.98. The Morgan fingerprint density at radius 3 is 2.22 bits per heavy atom. The molecule has 0 amide bonds. The average Bonchev–Trinajstić information content (AvgIpc) is 2.93. The van der Waals surface area contributed by atoms with Crippen LogP contribution in [0.15, 0.2) is 71.1 Å². The zero-order chi connectivity index (χ0) is 15.8. The van der Waals surface area contributed by atoms with Crippen molar-refractivity contribution >= 4 is 21.9 Å². The van der Waals surface area contributed by atoms with Crippen LogP contribution in [0, 0.1) is 0 Å². The Bertz CT molecular complexity index is 958. The molecule has 4 rings (SSSR count). The molecule has 4 aromatic rings. The van der Waals surface area contributed by atoms with Gasteiger partial charge in [0, 0.05) is 10.8 Å². The van der Waals surface area contributed by atoms with E-state index in [1.165, 1.54) is 27.5 Å². The van der Waals surface area contributed by atoms with Gasteiger partial charge in [0.2, 0.25) is 0 Å². The van der Waals surface area contributed by atoms with Crippen molar-refractivity contribution in [3.63, 3.8) is 0 Å². The van der Waals surface area contributed by atoms with Gasteiger partial charge in [-0.15, -0.1) is 0 Å². The Labute approximate surface area is 136 Å². The lowest BCUT2D eigenvalue weighted by atomic mass is 9.98. The highest BCUT2D eigenvalue weighted by Gasteiger charge is 2.07. The smallest absolute Gasteiger partial charge is 0.135 e. The predicted molar refractivity (Wildman–Crippen MR) is 97.1 cm³/mol. The molecule has 0 atom stereocenters. The molecule has 0 unspecified atom stereocenters. The van der Waals surface area contributed by atoms with E-state index in [4.69, 9.17) is 4.42 Å². The summed E-state index contributed by atoms with van der Waals surface area (Å²) in [5.41, 5.74) is 5.95. The number of rotatable bonds is 3. The SMILES string of the molecule is CC(C)c1ccc(Cc2ccc3c(c2)oc2ccccc23)cc1. The van der Waals surface area contributed by atoms with Crippen LogP contribution in [-0.4, -0.2) is 0 Å². The highest BCUT2D eigenvalue weighted by atomic mass is 16.3. The third-order valence-electron chi connectivity index (χ3n) is 4.50. The Kier molecular flexibility index (Phi) is 3.42. The van der Waals surface area contributed by atoms with Crippen molar-refractivity contribution in [1.82, 2.24) is 0 Å². The molecule has 0 saturated heterocycles. The Morgan fingerprint density at radius 2 is 1.43 bits per heavy atom. The fourth-order valence-electron chi connectivity index (χ4n) is 3.14. The summed E-state index contributed by atoms with van der Waals surface area (Å²) >= 11 is 0. The zero-order valence-electron chi connectivity index (χ0n) is 13.5. The topological polar surface area (TPSA) is 13.1 Å². The first kappa shape index (κ1) is 14.1. The van der Waals surface area contributed by atoms with Crippen LogP contribution in [0.25, 0.3) is 21.9 Å². The maximum atomic E-state index is 5.98. The summed E-state index contributed by atoms with van der Waals surface area (Å²) in [5.74, 6) is 0.580. The molecule has 1 heteroatoms. The van der Waals surface area contributed by atoms with Gasteiger partial charge in [-0.05, 0) is 41.2 Å². The molecule has 0 aliphatic heterocycles. The lowest BCUT2D eigenvalue weighted by molar-refractivity contribution is 0.668. The first-order valence-electron chi connectivity index (χ1n) is 8.20. The van der Waals surface area contributed by atoms with Crippen molar-refractivity contribution in [3.05, 3.63) is 83.4 Å². The van der Waals surface area contributed by atoms with Crippen molar-refractivity contribution < 1.29 is 4.42 Å². The van der Waals surface area contributed by atoms with Crippen LogP contribution < -0.4 is 0 Å². The minimum absolute atomic E-state index is 0.580. The van der Waals surface area contributed by atoms with Crippen LogP contribution in [0.3, 0.4) is 0 Å². The molecule has 0 radical (unpaired) electrons. The van der Waals surface area contributed by atoms with Crippen molar-refractivity contribution in [2.24, 2.45) is 0 Å². The number of fused-ring (bicyclic) bond motifs is 3. The van der Waals surface area contributed by atoms with Crippen molar-refractivity contribution in [3.8, 4) is 0 Å². The third kappa shape index (κ3) is 2.63. The fourth-order valence-corrected chi connectivity index (χ4v) is 3.14. The molecule has 1 nitrogen and oxygen atoms in total. The van der Waals surface area contributed by atoms with Crippen molar-refractivity contribution in [2.45, 2.75) is 26.2 Å². The summed E-state index contributed by atoms with van der Waals surface area (Å²) in [6.45, 7) is 4.45. The van der Waals surface area contributed by atoms with E-state index in [0.717, 1.165) is 17.6 Å². The number of hydrogen-bond donors (Lipinski definition) is 0. The molecule has 114 valence electrons. The first-order chi connectivity index (χ1) is 11.2. The molecule has 1 aromatic heterocycles. The van der Waals surface area contributed by atoms with Gasteiger partial charge in [-0.1, -0.05) is 68.4 Å². The normalized spacial score (nSPS) is 11.6. The molecular weight excluding hydrogens is 280 g/mol. The second-order valence-corrected chi connectivity index (χ2v) is 6.50. The Hall–Kier alpha value is -2.54. The van der Waals surface area contributed by atoms with Gasteiger partial charge in [-0.2, -0.15) is 0 Å². The quantitative estimate of drug-likeness (QED) is 0.432. The van der Waals surface area contributed by atoms with Gasteiger partial charge in [0.05, 0.1) is 0 Å². The van der Waals surface area contributed by atoms with Crippen LogP contribution >= 0.6 is 0 Å². The average molecular weight is 300 g/mol. The zero-order valence-corrected chi connectivity index (χ0v) is 13.5. The molecule has 0 aliphatic rings. The van der Waals surface area contributed by atoms with Gasteiger partial charge < -0.3 is 4.42 Å². The van der Waals surface area contributed by atoms with E-state index in [1.54, 1.807) is 0 Å². The van der Waals surface area contributed by atoms with E-state index in [1.807, 2.05) is 12.1 Å². The van der Waals surface area contributed by atoms with E-state index < -0.39 is 0 Å². The van der Waals surface area contributed by atoms with E-state index >= 15 is 0 Å². The van der Waals surface area contributed by atoms with E-state index in [9.17, 15) is 0 Å². The van der Waals surface area contributed by atoms with E-state index in [-0.39, 0.29) is 0 Å². The van der Waals surface area contributed by atoms with Crippen LogP contribution in [0.4, 0.5) is 0 Å². The molecule has 3 aromatic carbocycles. The minimum Gasteiger partial charge on any atom is -0.456 e. The summed E-state index contributed by atoms with van der Waals surface area (Å²) in [6.07, 6.45) is 0.936. The highest BCUT2D eigenvalue weighted by molar-refractivity contribution is 6.04. The van der Waals surface area contributed by atoms with Crippen LogP contribution in [0.5, 0.6) is 0 Å². The van der Waals surface area contributed by atoms with Crippen LogP contribution in [0.2, 0.25) is 0 Å². The maximum Gasteiger partial charge on any atom is 0.135 e. The summed E-state index contributed by atoms with van der Waals surface area (Å²) in [4.78, 5) is 0. The molecule has 0 fully saturated rings. The van der Waals surface area contributed by atoms with Crippen LogP contribution in [0.1, 0.15) is 36.5 Å². The van der Waals surface area contributed by atoms with E-state index in [0.29, 0.717) is 5.92 Å². The van der Waals surface area contributed by atoms with Crippen LogP contribution in [-0.2, 0) is 6.42 Å². The van der Waals surface area contributed by atoms with E-state index in [2.05, 4.69) is 68.4 Å². The molecule has 0 saturated carbocycles. The summed E-state index contributed by atoms with van der Waals surface area (Å²) in [5, 5.41) is 2.38. The lowest BCUT2D eigenvalue weighted by Gasteiger charge is -2.07. The Balaban J connectivity index is 1.67. The number of para-hydroxylation sites is 1. The van der Waals surface area contributed by atoms with Gasteiger partial charge in [0.1, 0.15) is 11.2 Å². The lowest BCUT2D eigenvalue weighted by Crippen LogP contribution is -1.91. The fraction of sp³-hybridized carbons (Fsp3) is 0.182. The molecule has 23 heavy (non-hydrogen) atoms. The Morgan fingerprint density at radius 1 is 0.739 bits per heavy atom. The summed E-state index contributed by atoms with van der Waals surface area (Å²) in [6, 6.07) is 23.7. The molecule has 1 heterocycles.